The summed E-state index contributed by atoms with van der Waals surface area (Å²) >= 11 is 0. The first-order chi connectivity index (χ1) is 24.4. The van der Waals surface area contributed by atoms with Gasteiger partial charge < -0.3 is 0 Å². The van der Waals surface area contributed by atoms with Gasteiger partial charge in [0.1, 0.15) is 0 Å². The number of allylic oxidation sites excluding steroid dienone is 6. The Morgan fingerprint density at radius 1 is 0.600 bits per heavy atom. The van der Waals surface area contributed by atoms with Crippen LogP contribution >= 0.6 is 0 Å². The molecule has 2 aliphatic rings. The Morgan fingerprint density at radius 2 is 1.22 bits per heavy atom. The molecule has 0 heterocycles. The number of benzene rings is 6. The number of fused-ring (bicyclic) bond motifs is 7. The van der Waals surface area contributed by atoms with Crippen molar-refractivity contribution in [3.8, 4) is 22.3 Å². The zero-order valence-electron chi connectivity index (χ0n) is 31.3. The summed E-state index contributed by atoms with van der Waals surface area (Å²) in [5, 5.41) is 5.54. The number of rotatable bonds is 4. The molecule has 0 heteroatoms. The Bertz CT molecular complexity index is 2260. The molecule has 0 aliphatic heterocycles. The molecule has 8 rings (SSSR count). The molecule has 0 fully saturated rings. The number of hydrogen-bond donors (Lipinski definition) is 0. The van der Waals surface area contributed by atoms with Gasteiger partial charge in [-0.3, -0.25) is 0 Å². The lowest BCUT2D eigenvalue weighted by Crippen LogP contribution is -2.27. The van der Waals surface area contributed by atoms with E-state index < -0.39 is 0 Å². The van der Waals surface area contributed by atoms with Crippen LogP contribution in [0.1, 0.15) is 88.6 Å². The lowest BCUT2D eigenvalue weighted by molar-refractivity contribution is 0.452. The van der Waals surface area contributed by atoms with Crippen LogP contribution in [0.4, 0.5) is 0 Å². The normalized spacial score (nSPS) is 16.4. The van der Waals surface area contributed by atoms with Gasteiger partial charge in [0.05, 0.1) is 0 Å². The highest BCUT2D eigenvalue weighted by Crippen LogP contribution is 2.53. The van der Waals surface area contributed by atoms with E-state index in [4.69, 9.17) is 0 Å². The molecular formula is C50H52. The van der Waals surface area contributed by atoms with Crippen molar-refractivity contribution >= 4 is 32.7 Å². The molecule has 0 aromatic heterocycles. The van der Waals surface area contributed by atoms with Crippen LogP contribution in [-0.2, 0) is 5.41 Å². The molecule has 0 N–H and O–H groups in total. The first-order valence-electron chi connectivity index (χ1n) is 18.8. The molecule has 6 aromatic rings. The summed E-state index contributed by atoms with van der Waals surface area (Å²) in [4.78, 5) is 0. The van der Waals surface area contributed by atoms with Crippen LogP contribution in [-0.4, -0.2) is 0 Å². The van der Waals surface area contributed by atoms with E-state index in [0.717, 1.165) is 19.3 Å². The molecule has 1 atom stereocenters. The van der Waals surface area contributed by atoms with Gasteiger partial charge in [0.25, 0.3) is 0 Å². The molecule has 0 amide bonds. The predicted octanol–water partition coefficient (Wildman–Crippen LogP) is 14.9. The van der Waals surface area contributed by atoms with Crippen LogP contribution in [0.15, 0.2) is 139 Å². The molecule has 0 nitrogen and oxygen atoms in total. The maximum atomic E-state index is 2.52. The Kier molecular flexibility index (Phi) is 10.4. The lowest BCUT2D eigenvalue weighted by Gasteiger charge is -2.39. The minimum Gasteiger partial charge on any atom is -0.0795 e. The van der Waals surface area contributed by atoms with Crippen LogP contribution in [0.3, 0.4) is 0 Å². The van der Waals surface area contributed by atoms with Crippen LogP contribution in [0.25, 0.3) is 54.9 Å². The standard InChI is InChI=1S/C46H40.2C2H6/c1-5-46(4)29-37-26-33(16-13-21-38(37)44-41-19-11-9-17-39(41)40-18-10-12-20-42(40)45(44)46)35-24-30(2)25-36(27-35)34-23-22-31(3)43(28-34)32-14-7-6-8-15-32;2*1-2/h6-20,22-28H,5,21,29H2,1-4H3;2*1-2H3. The first kappa shape index (κ1) is 34.9. The van der Waals surface area contributed by atoms with Crippen molar-refractivity contribution in [2.45, 2.75) is 80.1 Å². The average Bonchev–Trinajstić information content (AvgIpc) is 3.39. The summed E-state index contributed by atoms with van der Waals surface area (Å²) < 4.78 is 0. The molecule has 0 saturated carbocycles. The molecule has 6 aromatic carbocycles. The van der Waals surface area contributed by atoms with Crippen molar-refractivity contribution < 1.29 is 0 Å². The second-order valence-corrected chi connectivity index (χ2v) is 13.6. The maximum absolute atomic E-state index is 2.52. The Balaban J connectivity index is 0.00000104. The molecule has 0 bridgehead atoms. The Hall–Kier alpha value is -4.94. The highest BCUT2D eigenvalue weighted by Gasteiger charge is 2.37. The molecule has 2 aliphatic carbocycles. The van der Waals surface area contributed by atoms with Crippen molar-refractivity contribution in [2.24, 2.45) is 0 Å². The largest absolute Gasteiger partial charge is 0.0795 e. The van der Waals surface area contributed by atoms with Crippen LogP contribution in [0.2, 0.25) is 0 Å². The highest BCUT2D eigenvalue weighted by molar-refractivity contribution is 6.15. The van der Waals surface area contributed by atoms with Crippen molar-refractivity contribution in [1.29, 1.82) is 0 Å². The topological polar surface area (TPSA) is 0 Å². The summed E-state index contributed by atoms with van der Waals surface area (Å²) in [5.74, 6) is 0. The second-order valence-electron chi connectivity index (χ2n) is 13.6. The molecule has 0 saturated heterocycles. The number of hydrogen-bond acceptors (Lipinski definition) is 0. The third-order valence-electron chi connectivity index (χ3n) is 10.6. The predicted molar refractivity (Wildman–Crippen MR) is 222 cm³/mol. The van der Waals surface area contributed by atoms with Gasteiger partial charge in [-0.2, -0.15) is 0 Å². The van der Waals surface area contributed by atoms with E-state index >= 15 is 0 Å². The molecular weight excluding hydrogens is 601 g/mol. The summed E-state index contributed by atoms with van der Waals surface area (Å²) in [6.45, 7) is 17.3. The summed E-state index contributed by atoms with van der Waals surface area (Å²) in [5.41, 5.74) is 16.3. The van der Waals surface area contributed by atoms with E-state index in [1.807, 2.05) is 27.7 Å². The molecule has 50 heavy (non-hydrogen) atoms. The molecule has 0 radical (unpaired) electrons. The van der Waals surface area contributed by atoms with Gasteiger partial charge in [-0.1, -0.05) is 163 Å². The quantitative estimate of drug-likeness (QED) is 0.166. The van der Waals surface area contributed by atoms with Gasteiger partial charge in [0, 0.05) is 0 Å². The zero-order valence-corrected chi connectivity index (χ0v) is 31.3. The highest BCUT2D eigenvalue weighted by atomic mass is 14.4. The van der Waals surface area contributed by atoms with Crippen LogP contribution in [0, 0.1) is 13.8 Å². The zero-order chi connectivity index (χ0) is 35.4. The van der Waals surface area contributed by atoms with Crippen molar-refractivity contribution in [3.63, 3.8) is 0 Å². The fraction of sp³-hybridized carbons (Fsp3) is 0.240. The third-order valence-corrected chi connectivity index (χ3v) is 10.6. The number of aryl methyl sites for hydroxylation is 2. The van der Waals surface area contributed by atoms with Gasteiger partial charge in [-0.25, -0.2) is 0 Å². The van der Waals surface area contributed by atoms with E-state index in [0.29, 0.717) is 0 Å². The van der Waals surface area contributed by atoms with Gasteiger partial charge in [0.2, 0.25) is 0 Å². The summed E-state index contributed by atoms with van der Waals surface area (Å²) in [6.07, 6.45) is 10.4. The van der Waals surface area contributed by atoms with E-state index in [1.165, 1.54) is 82.8 Å². The fourth-order valence-corrected chi connectivity index (χ4v) is 8.10. The summed E-state index contributed by atoms with van der Waals surface area (Å²) in [6, 6.07) is 42.9. The van der Waals surface area contributed by atoms with Gasteiger partial charge in [-0.05, 0) is 139 Å². The minimum absolute atomic E-state index is 0.0528. The Labute approximate surface area is 300 Å². The third kappa shape index (κ3) is 6.29. The van der Waals surface area contributed by atoms with E-state index in [-0.39, 0.29) is 5.41 Å². The average molecular weight is 653 g/mol. The maximum Gasteiger partial charge on any atom is -0.00250 e. The van der Waals surface area contributed by atoms with Crippen molar-refractivity contribution in [1.82, 2.24) is 0 Å². The fourth-order valence-electron chi connectivity index (χ4n) is 8.10. The van der Waals surface area contributed by atoms with Crippen molar-refractivity contribution in [3.05, 3.63) is 167 Å². The van der Waals surface area contributed by atoms with E-state index in [1.54, 1.807) is 5.56 Å². The molecule has 0 spiro atoms. The van der Waals surface area contributed by atoms with Crippen molar-refractivity contribution in [2.75, 3.05) is 0 Å². The Morgan fingerprint density at radius 3 is 1.92 bits per heavy atom. The van der Waals surface area contributed by atoms with Gasteiger partial charge >= 0.3 is 0 Å². The molecule has 252 valence electrons. The van der Waals surface area contributed by atoms with Crippen LogP contribution < -0.4 is 0 Å². The second kappa shape index (κ2) is 14.9. The van der Waals surface area contributed by atoms with Gasteiger partial charge in [-0.15, -0.1) is 0 Å². The first-order valence-corrected chi connectivity index (χ1v) is 18.8. The van der Waals surface area contributed by atoms with Crippen LogP contribution in [0.5, 0.6) is 0 Å². The molecule has 1 unspecified atom stereocenters. The van der Waals surface area contributed by atoms with E-state index in [9.17, 15) is 0 Å². The monoisotopic (exact) mass is 652 g/mol. The SMILES string of the molecule is CC.CC.CCC1(C)CC2=C(CC=CC(c3cc(C)cc(-c4ccc(C)c(-c5ccccc5)c4)c3)=C2)c2c1c1ccccc1c1ccccc21. The summed E-state index contributed by atoms with van der Waals surface area (Å²) in [7, 11) is 0. The minimum atomic E-state index is 0.0528. The lowest BCUT2D eigenvalue weighted by atomic mass is 9.64. The van der Waals surface area contributed by atoms with E-state index in [2.05, 4.69) is 161 Å². The van der Waals surface area contributed by atoms with Gasteiger partial charge in [0.15, 0.2) is 0 Å². The smallest absolute Gasteiger partial charge is 0.00250 e.